The maximum atomic E-state index is 12.9. The molecule has 0 N–H and O–H groups in total. The topological polar surface area (TPSA) is 88.4 Å². The van der Waals surface area contributed by atoms with E-state index in [0.29, 0.717) is 27.6 Å². The molecule has 0 saturated heterocycles. The van der Waals surface area contributed by atoms with Crippen LogP contribution in [0.5, 0.6) is 17.2 Å². The Kier molecular flexibility index (Phi) is 6.73. The Morgan fingerprint density at radius 3 is 2.47 bits per heavy atom. The van der Waals surface area contributed by atoms with E-state index in [9.17, 15) is 9.59 Å². The van der Waals surface area contributed by atoms with Gasteiger partial charge in [0.1, 0.15) is 29.3 Å². The number of benzene rings is 2. The lowest BCUT2D eigenvalue weighted by Crippen LogP contribution is -2.23. The molecule has 1 aromatic heterocycles. The number of methoxy groups -OCH3 is 3. The summed E-state index contributed by atoms with van der Waals surface area (Å²) in [6, 6.07) is 10.4. The van der Waals surface area contributed by atoms with Gasteiger partial charge in [0.2, 0.25) is 0 Å². The number of esters is 1. The maximum Gasteiger partial charge on any atom is 0.326 e. The number of aromatic nitrogens is 1. The monoisotopic (exact) mass is 430 g/mol. The van der Waals surface area contributed by atoms with Gasteiger partial charge < -0.3 is 23.5 Å². The fourth-order valence-corrected chi connectivity index (χ4v) is 4.00. The molecule has 3 rings (SSSR count). The van der Waals surface area contributed by atoms with Crippen LogP contribution < -0.4 is 19.0 Å². The number of fused-ring (bicyclic) bond motifs is 1. The van der Waals surface area contributed by atoms with E-state index in [1.54, 1.807) is 42.9 Å². The van der Waals surface area contributed by atoms with Crippen LogP contribution in [-0.4, -0.2) is 44.4 Å². The Morgan fingerprint density at radius 2 is 1.80 bits per heavy atom. The van der Waals surface area contributed by atoms with Gasteiger partial charge in [0.15, 0.2) is 4.80 Å². The molecule has 1 amide bonds. The van der Waals surface area contributed by atoms with Crippen molar-refractivity contribution in [3.05, 3.63) is 46.8 Å². The first kappa shape index (κ1) is 21.4. The number of thiazole rings is 1. The van der Waals surface area contributed by atoms with E-state index in [2.05, 4.69) is 4.99 Å². The van der Waals surface area contributed by atoms with Crippen LogP contribution in [0, 0.1) is 0 Å². The van der Waals surface area contributed by atoms with E-state index in [1.807, 2.05) is 12.1 Å². The number of carbonyl (C=O) groups excluding carboxylic acids is 2. The fraction of sp³-hybridized carbons (Fsp3) is 0.286. The highest BCUT2D eigenvalue weighted by Crippen LogP contribution is 2.28. The summed E-state index contributed by atoms with van der Waals surface area (Å²) in [5, 5.41) is 0. The molecule has 0 unspecified atom stereocenters. The van der Waals surface area contributed by atoms with Gasteiger partial charge in [-0.25, -0.2) is 0 Å². The predicted octanol–water partition coefficient (Wildman–Crippen LogP) is 3.03. The van der Waals surface area contributed by atoms with E-state index >= 15 is 0 Å². The molecule has 0 radical (unpaired) electrons. The lowest BCUT2D eigenvalue weighted by atomic mass is 10.2. The zero-order chi connectivity index (χ0) is 21.7. The number of rotatable bonds is 7. The summed E-state index contributed by atoms with van der Waals surface area (Å²) in [4.78, 5) is 29.8. The van der Waals surface area contributed by atoms with Crippen molar-refractivity contribution in [1.82, 2.24) is 4.57 Å². The SMILES string of the molecule is CCOC(=O)Cn1c(=NC(=O)c2ccc(OC)cc2OC)sc2cccc(OC)c21. The molecular formula is C21H22N2O6S. The van der Waals surface area contributed by atoms with Crippen LogP contribution in [0.25, 0.3) is 10.2 Å². The van der Waals surface area contributed by atoms with Crippen LogP contribution in [0.2, 0.25) is 0 Å². The standard InChI is InChI=1S/C21H22N2O6S/c1-5-29-18(24)12-23-19-15(27-3)7-6-8-17(19)30-21(23)22-20(25)14-10-9-13(26-2)11-16(14)28-4/h6-11H,5,12H2,1-4H3. The zero-order valence-electron chi connectivity index (χ0n) is 17.1. The molecule has 0 saturated carbocycles. The predicted molar refractivity (Wildman–Crippen MR) is 112 cm³/mol. The van der Waals surface area contributed by atoms with Crippen molar-refractivity contribution in [2.75, 3.05) is 27.9 Å². The van der Waals surface area contributed by atoms with Crippen molar-refractivity contribution in [3.63, 3.8) is 0 Å². The van der Waals surface area contributed by atoms with Crippen molar-refractivity contribution >= 4 is 33.4 Å². The lowest BCUT2D eigenvalue weighted by Gasteiger charge is -2.09. The summed E-state index contributed by atoms with van der Waals surface area (Å²) in [5.74, 6) is 0.548. The maximum absolute atomic E-state index is 12.9. The lowest BCUT2D eigenvalue weighted by molar-refractivity contribution is -0.143. The van der Waals surface area contributed by atoms with Gasteiger partial charge in [-0.1, -0.05) is 17.4 Å². The minimum absolute atomic E-state index is 0.0971. The number of hydrogen-bond donors (Lipinski definition) is 0. The highest BCUT2D eigenvalue weighted by molar-refractivity contribution is 7.16. The number of hydrogen-bond acceptors (Lipinski definition) is 7. The van der Waals surface area contributed by atoms with Gasteiger partial charge in [-0.3, -0.25) is 9.59 Å². The molecule has 158 valence electrons. The van der Waals surface area contributed by atoms with Crippen molar-refractivity contribution in [3.8, 4) is 17.2 Å². The minimum Gasteiger partial charge on any atom is -0.497 e. The number of ether oxygens (including phenoxy) is 4. The first-order valence-corrected chi connectivity index (χ1v) is 9.97. The molecule has 0 atom stereocenters. The van der Waals surface area contributed by atoms with E-state index < -0.39 is 11.9 Å². The third-order valence-electron chi connectivity index (χ3n) is 4.31. The number of carbonyl (C=O) groups is 2. The van der Waals surface area contributed by atoms with E-state index in [0.717, 1.165) is 4.70 Å². The second-order valence-corrected chi connectivity index (χ2v) is 7.08. The average molecular weight is 430 g/mol. The summed E-state index contributed by atoms with van der Waals surface area (Å²) in [6.45, 7) is 1.90. The summed E-state index contributed by atoms with van der Waals surface area (Å²) >= 11 is 1.28. The molecule has 9 heteroatoms. The molecule has 0 aliphatic rings. The largest absolute Gasteiger partial charge is 0.497 e. The number of amides is 1. The van der Waals surface area contributed by atoms with Gasteiger partial charge in [-0.15, -0.1) is 0 Å². The fourth-order valence-electron chi connectivity index (χ4n) is 2.95. The average Bonchev–Trinajstić information content (AvgIpc) is 3.10. The van der Waals surface area contributed by atoms with Crippen molar-refractivity contribution in [2.24, 2.45) is 4.99 Å². The second kappa shape index (κ2) is 9.45. The van der Waals surface area contributed by atoms with Crippen LogP contribution in [0.15, 0.2) is 41.4 Å². The molecule has 0 spiro atoms. The first-order valence-electron chi connectivity index (χ1n) is 9.15. The summed E-state index contributed by atoms with van der Waals surface area (Å²) in [5.41, 5.74) is 0.955. The molecule has 8 nitrogen and oxygen atoms in total. The third kappa shape index (κ3) is 4.30. The van der Waals surface area contributed by atoms with Crippen LogP contribution in [0.1, 0.15) is 17.3 Å². The Bertz CT molecular complexity index is 1150. The first-order chi connectivity index (χ1) is 14.5. The summed E-state index contributed by atoms with van der Waals surface area (Å²) in [7, 11) is 4.55. The Hall–Kier alpha value is -3.33. The smallest absolute Gasteiger partial charge is 0.326 e. The zero-order valence-corrected chi connectivity index (χ0v) is 17.9. The molecule has 2 aromatic carbocycles. The normalized spacial score (nSPS) is 11.4. The Morgan fingerprint density at radius 1 is 1.03 bits per heavy atom. The molecule has 0 bridgehead atoms. The molecular weight excluding hydrogens is 408 g/mol. The highest BCUT2D eigenvalue weighted by atomic mass is 32.1. The van der Waals surface area contributed by atoms with Crippen LogP contribution >= 0.6 is 11.3 Å². The van der Waals surface area contributed by atoms with Crippen LogP contribution in [0.4, 0.5) is 0 Å². The van der Waals surface area contributed by atoms with Gasteiger partial charge >= 0.3 is 5.97 Å². The van der Waals surface area contributed by atoms with Gasteiger partial charge in [0.25, 0.3) is 5.91 Å². The number of para-hydroxylation sites is 1. The van der Waals surface area contributed by atoms with Crippen LogP contribution in [-0.2, 0) is 16.1 Å². The van der Waals surface area contributed by atoms with Crippen molar-refractivity contribution < 1.29 is 28.5 Å². The van der Waals surface area contributed by atoms with E-state index in [-0.39, 0.29) is 18.7 Å². The third-order valence-corrected chi connectivity index (χ3v) is 5.36. The van der Waals surface area contributed by atoms with Crippen molar-refractivity contribution in [1.29, 1.82) is 0 Å². The van der Waals surface area contributed by atoms with Crippen LogP contribution in [0.3, 0.4) is 0 Å². The Labute approximate surface area is 177 Å². The van der Waals surface area contributed by atoms with Gasteiger partial charge in [-0.2, -0.15) is 4.99 Å². The molecule has 0 fully saturated rings. The second-order valence-electron chi connectivity index (χ2n) is 6.07. The van der Waals surface area contributed by atoms with Crippen molar-refractivity contribution in [2.45, 2.75) is 13.5 Å². The molecule has 3 aromatic rings. The number of nitrogens with zero attached hydrogens (tertiary/aromatic N) is 2. The molecule has 30 heavy (non-hydrogen) atoms. The Balaban J connectivity index is 2.16. The van der Waals surface area contributed by atoms with Gasteiger partial charge in [0.05, 0.1) is 38.2 Å². The summed E-state index contributed by atoms with van der Waals surface area (Å²) in [6.07, 6.45) is 0. The molecule has 1 heterocycles. The quantitative estimate of drug-likeness (QED) is 0.536. The van der Waals surface area contributed by atoms with Gasteiger partial charge in [-0.05, 0) is 31.2 Å². The summed E-state index contributed by atoms with van der Waals surface area (Å²) < 4.78 is 23.5. The van der Waals surface area contributed by atoms with E-state index in [4.69, 9.17) is 18.9 Å². The van der Waals surface area contributed by atoms with E-state index in [1.165, 1.54) is 25.6 Å². The molecule has 0 aliphatic carbocycles. The minimum atomic E-state index is -0.502. The molecule has 0 aliphatic heterocycles. The highest BCUT2D eigenvalue weighted by Gasteiger charge is 2.17. The van der Waals surface area contributed by atoms with Gasteiger partial charge in [0, 0.05) is 6.07 Å².